The van der Waals surface area contributed by atoms with Crippen molar-refractivity contribution in [3.8, 4) is 11.5 Å². The normalized spacial score (nSPS) is 15.0. The highest BCUT2D eigenvalue weighted by Crippen LogP contribution is 2.43. The molecule has 172 valence electrons. The first kappa shape index (κ1) is 21.5. The summed E-state index contributed by atoms with van der Waals surface area (Å²) in [5, 5.41) is 6.18. The molecule has 0 bridgehead atoms. The minimum Gasteiger partial charge on any atom is -0.497 e. The second kappa shape index (κ2) is 8.55. The van der Waals surface area contributed by atoms with Crippen molar-refractivity contribution in [3.63, 3.8) is 0 Å². The predicted octanol–water partition coefficient (Wildman–Crippen LogP) is 5.12. The molecule has 1 aromatic heterocycles. The molecule has 7 nitrogen and oxygen atoms in total. The fourth-order valence-corrected chi connectivity index (χ4v) is 4.34. The molecule has 4 aromatic rings. The number of para-hydroxylation sites is 2. The highest BCUT2D eigenvalue weighted by Gasteiger charge is 2.36. The Morgan fingerprint density at radius 2 is 1.82 bits per heavy atom. The zero-order chi connectivity index (χ0) is 23.8. The molecule has 3 aromatic carbocycles. The maximum atomic E-state index is 13.7. The number of fused-ring (bicyclic) bond motifs is 3. The Morgan fingerprint density at radius 1 is 1.06 bits per heavy atom. The van der Waals surface area contributed by atoms with Crippen LogP contribution in [-0.2, 0) is 4.79 Å². The third-order valence-electron chi connectivity index (χ3n) is 5.91. The molecule has 1 atom stereocenters. The standard InChI is InChI=1S/C26H23FN4O3/c1-15-23(25(32)29-17-10-8-16(27)9-11-17)24(19-14-18(33-2)12-13-22(19)34-3)31-21-7-5-4-6-20(21)30-26(31)28-15/h4-14,24H,1-3H3,(H,28,30)(H,29,32). The van der Waals surface area contributed by atoms with Gasteiger partial charge in [0.2, 0.25) is 5.95 Å². The Balaban J connectivity index is 1.71. The number of hydrogen-bond donors (Lipinski definition) is 2. The van der Waals surface area contributed by atoms with Gasteiger partial charge in [0.25, 0.3) is 5.91 Å². The van der Waals surface area contributed by atoms with Crippen molar-refractivity contribution in [1.29, 1.82) is 0 Å². The molecular formula is C26H23FN4O3. The number of nitrogens with one attached hydrogen (secondary N) is 2. The number of allylic oxidation sites excluding steroid dienone is 1. The summed E-state index contributed by atoms with van der Waals surface area (Å²) in [6, 6.07) is 18.3. The summed E-state index contributed by atoms with van der Waals surface area (Å²) < 4.78 is 26.5. The second-order valence-electron chi connectivity index (χ2n) is 7.93. The fourth-order valence-electron chi connectivity index (χ4n) is 4.34. The number of nitrogens with zero attached hydrogens (tertiary/aromatic N) is 2. The van der Waals surface area contributed by atoms with Gasteiger partial charge in [-0.15, -0.1) is 0 Å². The fraction of sp³-hybridized carbons (Fsp3) is 0.154. The number of carbonyl (C=O) groups excluding carboxylic acids is 1. The topological polar surface area (TPSA) is 77.4 Å². The number of aromatic nitrogens is 2. The van der Waals surface area contributed by atoms with E-state index in [1.807, 2.05) is 54.0 Å². The van der Waals surface area contributed by atoms with Crippen LogP contribution in [0.4, 0.5) is 16.0 Å². The summed E-state index contributed by atoms with van der Waals surface area (Å²) in [5.41, 5.74) is 4.02. The second-order valence-corrected chi connectivity index (χ2v) is 7.93. The van der Waals surface area contributed by atoms with Crippen LogP contribution in [0.1, 0.15) is 18.5 Å². The van der Waals surface area contributed by atoms with E-state index in [2.05, 4.69) is 10.6 Å². The van der Waals surface area contributed by atoms with Crippen molar-refractivity contribution >= 4 is 28.6 Å². The van der Waals surface area contributed by atoms with Gasteiger partial charge in [-0.05, 0) is 61.5 Å². The molecule has 0 spiro atoms. The van der Waals surface area contributed by atoms with Crippen LogP contribution in [0.15, 0.2) is 78.0 Å². The van der Waals surface area contributed by atoms with Crippen LogP contribution in [0.3, 0.4) is 0 Å². The zero-order valence-corrected chi connectivity index (χ0v) is 18.9. The SMILES string of the molecule is COc1ccc(OC)c(C2C(C(=O)Nc3ccc(F)cc3)=C(C)Nc3nc4ccccc4n32)c1. The monoisotopic (exact) mass is 458 g/mol. The number of rotatable bonds is 5. The van der Waals surface area contributed by atoms with Gasteiger partial charge in [-0.2, -0.15) is 0 Å². The third-order valence-corrected chi connectivity index (χ3v) is 5.91. The van der Waals surface area contributed by atoms with Crippen LogP contribution in [-0.4, -0.2) is 29.7 Å². The van der Waals surface area contributed by atoms with Crippen molar-refractivity contribution in [2.45, 2.75) is 13.0 Å². The van der Waals surface area contributed by atoms with Crippen LogP contribution >= 0.6 is 0 Å². The molecule has 0 aliphatic carbocycles. The zero-order valence-electron chi connectivity index (χ0n) is 18.9. The van der Waals surface area contributed by atoms with Gasteiger partial charge in [-0.25, -0.2) is 9.37 Å². The Bertz CT molecular complexity index is 1430. The molecule has 1 aliphatic heterocycles. The molecule has 8 heteroatoms. The number of halogens is 1. The van der Waals surface area contributed by atoms with E-state index < -0.39 is 6.04 Å². The highest BCUT2D eigenvalue weighted by atomic mass is 19.1. The molecular weight excluding hydrogens is 435 g/mol. The van der Waals surface area contributed by atoms with Crippen LogP contribution in [0, 0.1) is 5.82 Å². The molecule has 1 unspecified atom stereocenters. The summed E-state index contributed by atoms with van der Waals surface area (Å²) in [6.45, 7) is 1.84. The lowest BCUT2D eigenvalue weighted by Crippen LogP contribution is -2.31. The maximum Gasteiger partial charge on any atom is 0.255 e. The molecule has 34 heavy (non-hydrogen) atoms. The Kier molecular flexibility index (Phi) is 5.41. The number of imidazole rings is 1. The number of carbonyl (C=O) groups is 1. The molecule has 0 saturated heterocycles. The summed E-state index contributed by atoms with van der Waals surface area (Å²) in [5.74, 6) is 1.16. The molecule has 5 rings (SSSR count). The van der Waals surface area contributed by atoms with Crippen LogP contribution < -0.4 is 20.1 Å². The lowest BCUT2D eigenvalue weighted by Gasteiger charge is -2.31. The van der Waals surface area contributed by atoms with E-state index in [0.29, 0.717) is 34.4 Å². The number of anilines is 2. The Labute approximate surface area is 195 Å². The quantitative estimate of drug-likeness (QED) is 0.434. The van der Waals surface area contributed by atoms with Crippen molar-refractivity contribution in [1.82, 2.24) is 9.55 Å². The van der Waals surface area contributed by atoms with Crippen LogP contribution in [0.25, 0.3) is 11.0 Å². The number of methoxy groups -OCH3 is 2. The van der Waals surface area contributed by atoms with Gasteiger partial charge in [0.05, 0.1) is 36.9 Å². The van der Waals surface area contributed by atoms with E-state index in [0.717, 1.165) is 16.6 Å². The highest BCUT2D eigenvalue weighted by molar-refractivity contribution is 6.06. The van der Waals surface area contributed by atoms with Crippen LogP contribution in [0.2, 0.25) is 0 Å². The number of benzene rings is 3. The predicted molar refractivity (Wildman–Crippen MR) is 129 cm³/mol. The minimum absolute atomic E-state index is 0.324. The van der Waals surface area contributed by atoms with Crippen molar-refractivity contribution in [2.75, 3.05) is 24.9 Å². The summed E-state index contributed by atoms with van der Waals surface area (Å²) >= 11 is 0. The lowest BCUT2D eigenvalue weighted by atomic mass is 9.93. The molecule has 1 amide bonds. The Hall–Kier alpha value is -4.33. The van der Waals surface area contributed by atoms with E-state index in [9.17, 15) is 9.18 Å². The van der Waals surface area contributed by atoms with E-state index >= 15 is 0 Å². The average Bonchev–Trinajstić information content (AvgIpc) is 3.22. The van der Waals surface area contributed by atoms with Gasteiger partial charge in [-0.1, -0.05) is 12.1 Å². The van der Waals surface area contributed by atoms with Crippen molar-refractivity contribution in [2.24, 2.45) is 0 Å². The first-order chi connectivity index (χ1) is 16.5. The van der Waals surface area contributed by atoms with E-state index in [4.69, 9.17) is 14.5 Å². The van der Waals surface area contributed by atoms with E-state index in [1.54, 1.807) is 14.2 Å². The first-order valence-electron chi connectivity index (χ1n) is 10.7. The van der Waals surface area contributed by atoms with Gasteiger partial charge in [0.1, 0.15) is 17.3 Å². The van der Waals surface area contributed by atoms with Gasteiger partial charge < -0.3 is 20.1 Å². The minimum atomic E-state index is -0.561. The molecule has 0 radical (unpaired) electrons. The van der Waals surface area contributed by atoms with Crippen molar-refractivity contribution in [3.05, 3.63) is 89.4 Å². The van der Waals surface area contributed by atoms with Gasteiger partial charge in [0.15, 0.2) is 0 Å². The summed E-state index contributed by atoms with van der Waals surface area (Å²) in [4.78, 5) is 18.4. The van der Waals surface area contributed by atoms with Gasteiger partial charge in [-0.3, -0.25) is 9.36 Å². The Morgan fingerprint density at radius 3 is 2.56 bits per heavy atom. The number of hydrogen-bond acceptors (Lipinski definition) is 5. The summed E-state index contributed by atoms with van der Waals surface area (Å²) in [7, 11) is 3.18. The molecule has 2 N–H and O–H groups in total. The largest absolute Gasteiger partial charge is 0.497 e. The molecule has 1 aliphatic rings. The first-order valence-corrected chi connectivity index (χ1v) is 10.7. The molecule has 0 saturated carbocycles. The molecule has 0 fully saturated rings. The van der Waals surface area contributed by atoms with Gasteiger partial charge >= 0.3 is 0 Å². The smallest absolute Gasteiger partial charge is 0.255 e. The van der Waals surface area contributed by atoms with E-state index in [1.165, 1.54) is 24.3 Å². The molecule has 2 heterocycles. The maximum absolute atomic E-state index is 13.7. The van der Waals surface area contributed by atoms with Gasteiger partial charge in [0, 0.05) is 16.9 Å². The number of ether oxygens (including phenoxy) is 2. The summed E-state index contributed by atoms with van der Waals surface area (Å²) in [6.07, 6.45) is 0. The third kappa shape index (κ3) is 3.63. The van der Waals surface area contributed by atoms with Crippen molar-refractivity contribution < 1.29 is 18.7 Å². The van der Waals surface area contributed by atoms with E-state index in [-0.39, 0.29) is 11.7 Å². The lowest BCUT2D eigenvalue weighted by molar-refractivity contribution is -0.113. The van der Waals surface area contributed by atoms with Crippen LogP contribution in [0.5, 0.6) is 11.5 Å². The average molecular weight is 458 g/mol. The number of amides is 1.